The van der Waals surface area contributed by atoms with Crippen LogP contribution in [0.3, 0.4) is 0 Å². The molecule has 0 bridgehead atoms. The predicted octanol–water partition coefficient (Wildman–Crippen LogP) is 6.37. The summed E-state index contributed by atoms with van der Waals surface area (Å²) in [5.74, 6) is 1.48. The summed E-state index contributed by atoms with van der Waals surface area (Å²) in [6.07, 6.45) is 13.0. The van der Waals surface area contributed by atoms with Crippen molar-refractivity contribution in [3.8, 4) is 0 Å². The lowest BCUT2D eigenvalue weighted by molar-refractivity contribution is -0.000923. The van der Waals surface area contributed by atoms with Gasteiger partial charge < -0.3 is 4.74 Å². The number of carbonyl (C=O) groups is 1. The fraction of sp³-hybridized carbons (Fsp3) is 0.400. The zero-order valence-electron chi connectivity index (χ0n) is 15.8. The zero-order chi connectivity index (χ0) is 18.5. The Kier molecular flexibility index (Phi) is 5.72. The summed E-state index contributed by atoms with van der Waals surface area (Å²) >= 11 is 0. The second-order valence-electron chi connectivity index (χ2n) is 8.01. The summed E-state index contributed by atoms with van der Waals surface area (Å²) in [5.41, 5.74) is 2.90. The van der Waals surface area contributed by atoms with Gasteiger partial charge in [-0.15, -0.1) is 0 Å². The standard InChI is InChI=1S/C25H28O2/c26-25(27-24-17-16-21-8-4-5-9-23(21)18-24)22-14-12-20(13-15-22)11-10-19-6-2-1-3-7-19/h1-3,6-7,10-15,21,23-24H,4-5,8-9,16-18H2. The van der Waals surface area contributed by atoms with Gasteiger partial charge in [0.15, 0.2) is 0 Å². The second-order valence-corrected chi connectivity index (χ2v) is 8.01. The molecule has 140 valence electrons. The monoisotopic (exact) mass is 360 g/mol. The number of ether oxygens (including phenoxy) is 1. The van der Waals surface area contributed by atoms with Gasteiger partial charge in [-0.25, -0.2) is 4.79 Å². The number of hydrogen-bond acceptors (Lipinski definition) is 2. The van der Waals surface area contributed by atoms with Crippen molar-refractivity contribution in [2.75, 3.05) is 0 Å². The maximum atomic E-state index is 12.5. The second kappa shape index (κ2) is 8.56. The maximum absolute atomic E-state index is 12.5. The summed E-state index contributed by atoms with van der Waals surface area (Å²) in [6.45, 7) is 0. The molecule has 2 aromatic rings. The lowest BCUT2D eigenvalue weighted by atomic mass is 9.70. The molecular weight excluding hydrogens is 332 g/mol. The van der Waals surface area contributed by atoms with Gasteiger partial charge in [0, 0.05) is 0 Å². The van der Waals surface area contributed by atoms with E-state index in [1.165, 1.54) is 37.7 Å². The van der Waals surface area contributed by atoms with Gasteiger partial charge in [-0.05, 0) is 54.4 Å². The first-order chi connectivity index (χ1) is 13.3. The van der Waals surface area contributed by atoms with Crippen LogP contribution in [0.15, 0.2) is 54.6 Å². The van der Waals surface area contributed by atoms with Crippen molar-refractivity contribution >= 4 is 18.1 Å². The number of rotatable bonds is 4. The van der Waals surface area contributed by atoms with Crippen LogP contribution in [0.1, 0.15) is 66.4 Å². The predicted molar refractivity (Wildman–Crippen MR) is 110 cm³/mol. The molecule has 27 heavy (non-hydrogen) atoms. The van der Waals surface area contributed by atoms with Gasteiger partial charge in [-0.1, -0.05) is 80.3 Å². The maximum Gasteiger partial charge on any atom is 0.338 e. The Morgan fingerprint density at radius 1 is 0.778 bits per heavy atom. The van der Waals surface area contributed by atoms with Gasteiger partial charge in [0.05, 0.1) is 5.56 Å². The first-order valence-corrected chi connectivity index (χ1v) is 10.3. The molecule has 3 unspecified atom stereocenters. The van der Waals surface area contributed by atoms with Crippen molar-refractivity contribution in [1.82, 2.24) is 0 Å². The van der Waals surface area contributed by atoms with E-state index in [1.807, 2.05) is 42.5 Å². The summed E-state index contributed by atoms with van der Waals surface area (Å²) in [5, 5.41) is 0. The summed E-state index contributed by atoms with van der Waals surface area (Å²) in [6, 6.07) is 17.9. The molecule has 2 aliphatic rings. The Morgan fingerprint density at radius 3 is 2.19 bits per heavy atom. The number of fused-ring (bicyclic) bond motifs is 1. The van der Waals surface area contributed by atoms with E-state index in [1.54, 1.807) is 0 Å². The van der Waals surface area contributed by atoms with Crippen LogP contribution in [0.4, 0.5) is 0 Å². The van der Waals surface area contributed by atoms with Crippen molar-refractivity contribution in [3.05, 3.63) is 71.3 Å². The van der Waals surface area contributed by atoms with Crippen molar-refractivity contribution in [3.63, 3.8) is 0 Å². The lowest BCUT2D eigenvalue weighted by Crippen LogP contribution is -2.33. The van der Waals surface area contributed by atoms with Crippen LogP contribution in [-0.2, 0) is 4.74 Å². The zero-order valence-corrected chi connectivity index (χ0v) is 15.8. The average molecular weight is 360 g/mol. The highest BCUT2D eigenvalue weighted by Gasteiger charge is 2.33. The van der Waals surface area contributed by atoms with E-state index in [-0.39, 0.29) is 12.1 Å². The quantitative estimate of drug-likeness (QED) is 0.467. The van der Waals surface area contributed by atoms with Crippen LogP contribution in [0, 0.1) is 11.8 Å². The van der Waals surface area contributed by atoms with Crippen molar-refractivity contribution < 1.29 is 9.53 Å². The first kappa shape index (κ1) is 18.0. The molecule has 2 nitrogen and oxygen atoms in total. The molecule has 0 heterocycles. The number of esters is 1. The normalized spacial score (nSPS) is 25.1. The molecule has 2 heteroatoms. The molecule has 2 fully saturated rings. The largest absolute Gasteiger partial charge is 0.459 e. The SMILES string of the molecule is O=C(OC1CCC2CCCCC2C1)c1ccc(C=Cc2ccccc2)cc1. The van der Waals surface area contributed by atoms with Gasteiger partial charge >= 0.3 is 5.97 Å². The van der Waals surface area contributed by atoms with Crippen LogP contribution in [0.2, 0.25) is 0 Å². The van der Waals surface area contributed by atoms with Crippen LogP contribution >= 0.6 is 0 Å². The van der Waals surface area contributed by atoms with E-state index in [9.17, 15) is 4.79 Å². The Bertz CT molecular complexity index is 776. The number of benzene rings is 2. The van der Waals surface area contributed by atoms with Crippen molar-refractivity contribution in [2.45, 2.75) is 51.0 Å². The van der Waals surface area contributed by atoms with E-state index in [2.05, 4.69) is 24.3 Å². The van der Waals surface area contributed by atoms with E-state index in [0.29, 0.717) is 5.56 Å². The van der Waals surface area contributed by atoms with E-state index < -0.39 is 0 Å². The highest BCUT2D eigenvalue weighted by Crippen LogP contribution is 2.41. The molecule has 2 aliphatic carbocycles. The van der Waals surface area contributed by atoms with E-state index in [4.69, 9.17) is 4.74 Å². The fourth-order valence-electron chi connectivity index (χ4n) is 4.64. The lowest BCUT2D eigenvalue weighted by Gasteiger charge is -2.38. The third-order valence-corrected chi connectivity index (χ3v) is 6.18. The molecule has 3 atom stereocenters. The molecule has 0 spiro atoms. The highest BCUT2D eigenvalue weighted by molar-refractivity contribution is 5.90. The summed E-state index contributed by atoms with van der Waals surface area (Å²) in [7, 11) is 0. The third kappa shape index (κ3) is 4.68. The van der Waals surface area contributed by atoms with Crippen LogP contribution < -0.4 is 0 Å². The average Bonchev–Trinajstić information content (AvgIpc) is 2.73. The molecule has 0 aliphatic heterocycles. The molecule has 0 aromatic heterocycles. The van der Waals surface area contributed by atoms with Gasteiger partial charge in [0.2, 0.25) is 0 Å². The Labute approximate surface area is 162 Å². The molecule has 0 radical (unpaired) electrons. The summed E-state index contributed by atoms with van der Waals surface area (Å²) < 4.78 is 5.84. The van der Waals surface area contributed by atoms with Gasteiger partial charge in [0.1, 0.15) is 6.10 Å². The molecule has 0 N–H and O–H groups in total. The van der Waals surface area contributed by atoms with Gasteiger partial charge in [-0.3, -0.25) is 0 Å². The van der Waals surface area contributed by atoms with E-state index in [0.717, 1.165) is 30.2 Å². The third-order valence-electron chi connectivity index (χ3n) is 6.18. The number of carbonyl (C=O) groups excluding carboxylic acids is 1. The van der Waals surface area contributed by atoms with Crippen LogP contribution in [0.5, 0.6) is 0 Å². The van der Waals surface area contributed by atoms with Gasteiger partial charge in [-0.2, -0.15) is 0 Å². The Hall–Kier alpha value is -2.35. The minimum Gasteiger partial charge on any atom is -0.459 e. The molecule has 0 saturated heterocycles. The molecule has 2 aromatic carbocycles. The van der Waals surface area contributed by atoms with Crippen LogP contribution in [-0.4, -0.2) is 12.1 Å². The first-order valence-electron chi connectivity index (χ1n) is 10.3. The summed E-state index contributed by atoms with van der Waals surface area (Å²) in [4.78, 5) is 12.5. The van der Waals surface area contributed by atoms with E-state index >= 15 is 0 Å². The topological polar surface area (TPSA) is 26.3 Å². The van der Waals surface area contributed by atoms with Crippen LogP contribution in [0.25, 0.3) is 12.2 Å². The Morgan fingerprint density at radius 2 is 1.44 bits per heavy atom. The molecule has 0 amide bonds. The molecule has 2 saturated carbocycles. The minimum atomic E-state index is -0.173. The smallest absolute Gasteiger partial charge is 0.338 e. The molecular formula is C25H28O2. The highest BCUT2D eigenvalue weighted by atomic mass is 16.5. The number of hydrogen-bond donors (Lipinski definition) is 0. The van der Waals surface area contributed by atoms with Crippen molar-refractivity contribution in [2.24, 2.45) is 11.8 Å². The van der Waals surface area contributed by atoms with Gasteiger partial charge in [0.25, 0.3) is 0 Å². The Balaban J connectivity index is 1.33. The fourth-order valence-corrected chi connectivity index (χ4v) is 4.64. The minimum absolute atomic E-state index is 0.106. The molecule has 4 rings (SSSR count). The van der Waals surface area contributed by atoms with Crippen molar-refractivity contribution in [1.29, 1.82) is 0 Å².